The van der Waals surface area contributed by atoms with Crippen LogP contribution in [0.2, 0.25) is 0 Å². The minimum atomic E-state index is -0.475. The minimum absolute atomic E-state index is 0.000529. The molecule has 1 atom stereocenters. The van der Waals surface area contributed by atoms with E-state index in [1.165, 1.54) is 4.90 Å². The Morgan fingerprint density at radius 2 is 1.73 bits per heavy atom. The Hall–Kier alpha value is -3.47. The maximum atomic E-state index is 13.5. The van der Waals surface area contributed by atoms with Gasteiger partial charge in [0.2, 0.25) is 29.5 Å². The van der Waals surface area contributed by atoms with Gasteiger partial charge in [-0.1, -0.05) is 45.0 Å². The van der Waals surface area contributed by atoms with E-state index < -0.39 is 6.04 Å². The number of carbonyl (C=O) groups is 5. The lowest BCUT2D eigenvalue weighted by Gasteiger charge is -2.30. The summed E-state index contributed by atoms with van der Waals surface area (Å²) in [5.74, 6) is -1.20. The quantitative estimate of drug-likeness (QED) is 0.401. The number of nitrogens with zero attached hydrogens (tertiary/aromatic N) is 2. The Kier molecular flexibility index (Phi) is 12.1. The summed E-state index contributed by atoms with van der Waals surface area (Å²) < 4.78 is 5.32. The van der Waals surface area contributed by atoms with Gasteiger partial charge in [0.25, 0.3) is 0 Å². The van der Waals surface area contributed by atoms with Crippen LogP contribution >= 0.6 is 0 Å². The summed E-state index contributed by atoms with van der Waals surface area (Å²) in [6, 6.07) is 6.94. The number of fused-ring (bicyclic) bond motifs is 1. The van der Waals surface area contributed by atoms with Gasteiger partial charge >= 0.3 is 0 Å². The largest absolute Gasteiger partial charge is 0.378 e. The first-order chi connectivity index (χ1) is 19.5. The van der Waals surface area contributed by atoms with Crippen molar-refractivity contribution in [1.82, 2.24) is 25.8 Å². The van der Waals surface area contributed by atoms with Crippen LogP contribution in [0, 0.1) is 5.41 Å². The average Bonchev–Trinajstić information content (AvgIpc) is 2.91. The molecule has 2 aliphatic rings. The van der Waals surface area contributed by atoms with Gasteiger partial charge in [-0.25, -0.2) is 0 Å². The molecule has 0 aliphatic carbocycles. The topological polar surface area (TPSA) is 137 Å². The van der Waals surface area contributed by atoms with Gasteiger partial charge in [0, 0.05) is 45.1 Å². The maximum absolute atomic E-state index is 13.5. The van der Waals surface area contributed by atoms with Crippen molar-refractivity contribution in [3.8, 4) is 0 Å². The molecule has 0 bridgehead atoms. The molecule has 1 saturated heterocycles. The SMILES string of the molecule is CC(C)(C)CC(=O)NCCCC[C@H]1CC(=O)N(CC(=O)N2CCOCC2)CC(=O)NCc2ccccc2CC(=O)N1. The van der Waals surface area contributed by atoms with Gasteiger partial charge in [0.1, 0.15) is 13.1 Å². The van der Waals surface area contributed by atoms with Crippen molar-refractivity contribution >= 4 is 29.5 Å². The average molecular weight is 572 g/mol. The van der Waals surface area contributed by atoms with Crippen LogP contribution in [0.4, 0.5) is 0 Å². The summed E-state index contributed by atoms with van der Waals surface area (Å²) in [5, 5.41) is 8.78. The van der Waals surface area contributed by atoms with E-state index in [9.17, 15) is 24.0 Å². The zero-order valence-electron chi connectivity index (χ0n) is 24.6. The molecule has 0 unspecified atom stereocenters. The molecule has 3 rings (SSSR count). The maximum Gasteiger partial charge on any atom is 0.242 e. The smallest absolute Gasteiger partial charge is 0.242 e. The number of ether oxygens (including phenoxy) is 1. The van der Waals surface area contributed by atoms with Crippen molar-refractivity contribution in [3.63, 3.8) is 0 Å². The van der Waals surface area contributed by atoms with Gasteiger partial charge in [-0.2, -0.15) is 0 Å². The number of hydrogen-bond acceptors (Lipinski definition) is 6. The Morgan fingerprint density at radius 3 is 2.44 bits per heavy atom. The van der Waals surface area contributed by atoms with Gasteiger partial charge in [0.15, 0.2) is 0 Å². The molecule has 3 N–H and O–H groups in total. The van der Waals surface area contributed by atoms with Crippen LogP contribution in [-0.2, 0) is 41.7 Å². The third-order valence-electron chi connectivity index (χ3n) is 7.10. The van der Waals surface area contributed by atoms with E-state index in [1.807, 2.05) is 45.0 Å². The fourth-order valence-corrected chi connectivity index (χ4v) is 4.94. The fourth-order valence-electron chi connectivity index (χ4n) is 4.94. The zero-order valence-corrected chi connectivity index (χ0v) is 24.6. The molecule has 11 heteroatoms. The minimum Gasteiger partial charge on any atom is -0.378 e. The second kappa shape index (κ2) is 15.5. The number of hydrogen-bond donors (Lipinski definition) is 3. The van der Waals surface area contributed by atoms with Gasteiger partial charge in [0.05, 0.1) is 19.6 Å². The molecule has 1 aromatic carbocycles. The van der Waals surface area contributed by atoms with E-state index in [-0.39, 0.29) is 67.4 Å². The number of benzene rings is 1. The number of rotatable bonds is 8. The van der Waals surface area contributed by atoms with Gasteiger partial charge in [-0.15, -0.1) is 0 Å². The Labute approximate surface area is 242 Å². The molecule has 1 aromatic rings. The van der Waals surface area contributed by atoms with Gasteiger partial charge in [-0.3, -0.25) is 24.0 Å². The summed E-state index contributed by atoms with van der Waals surface area (Å²) in [7, 11) is 0. The lowest BCUT2D eigenvalue weighted by molar-refractivity contribution is -0.145. The summed E-state index contributed by atoms with van der Waals surface area (Å²) >= 11 is 0. The molecule has 1 fully saturated rings. The number of unbranched alkanes of at least 4 members (excludes halogenated alkanes) is 1. The fraction of sp³-hybridized carbons (Fsp3) is 0.633. The first kappa shape index (κ1) is 32.0. The van der Waals surface area contributed by atoms with Crippen LogP contribution in [0.5, 0.6) is 0 Å². The summed E-state index contributed by atoms with van der Waals surface area (Å²) in [4.78, 5) is 67.4. The molecule has 11 nitrogen and oxygen atoms in total. The van der Waals surface area contributed by atoms with Crippen LogP contribution in [0.15, 0.2) is 24.3 Å². The summed E-state index contributed by atoms with van der Waals surface area (Å²) in [6.45, 7) is 8.04. The highest BCUT2D eigenvalue weighted by Crippen LogP contribution is 2.18. The van der Waals surface area contributed by atoms with E-state index in [2.05, 4.69) is 16.0 Å². The van der Waals surface area contributed by atoms with Gasteiger partial charge in [-0.05, 0) is 35.8 Å². The van der Waals surface area contributed by atoms with Crippen molar-refractivity contribution in [2.75, 3.05) is 45.9 Å². The molecule has 0 aromatic heterocycles. The van der Waals surface area contributed by atoms with E-state index in [0.29, 0.717) is 58.5 Å². The van der Waals surface area contributed by atoms with E-state index in [1.54, 1.807) is 4.90 Å². The Balaban J connectivity index is 1.69. The van der Waals surface area contributed by atoms with Crippen LogP contribution in [0.25, 0.3) is 0 Å². The third-order valence-corrected chi connectivity index (χ3v) is 7.10. The molecular formula is C30H45N5O6. The Bertz CT molecular complexity index is 1080. The third kappa shape index (κ3) is 11.5. The van der Waals surface area contributed by atoms with Crippen LogP contribution in [0.3, 0.4) is 0 Å². The van der Waals surface area contributed by atoms with Crippen molar-refractivity contribution in [2.24, 2.45) is 5.41 Å². The molecule has 0 spiro atoms. The van der Waals surface area contributed by atoms with Crippen LogP contribution in [-0.4, -0.2) is 91.3 Å². The van der Waals surface area contributed by atoms with Crippen molar-refractivity contribution in [3.05, 3.63) is 35.4 Å². The Morgan fingerprint density at radius 1 is 1.02 bits per heavy atom. The first-order valence-corrected chi connectivity index (χ1v) is 14.5. The molecule has 5 amide bonds. The molecule has 226 valence electrons. The van der Waals surface area contributed by atoms with Crippen molar-refractivity contribution in [2.45, 2.75) is 71.9 Å². The highest BCUT2D eigenvalue weighted by Gasteiger charge is 2.27. The molecule has 2 aliphatic heterocycles. The highest BCUT2D eigenvalue weighted by molar-refractivity contribution is 5.90. The second-order valence-corrected chi connectivity index (χ2v) is 12.0. The standard InChI is InChI=1S/C30H45N5O6/c1-30(2,3)18-26(37)31-11-7-6-10-24-17-28(39)35(21-29(40)34-12-14-41-15-13-34)20-27(38)32-19-23-9-5-4-8-22(23)16-25(36)33-24/h4-5,8-9,24H,6-7,10-21H2,1-3H3,(H,31,37)(H,32,38)(H,33,36)/t24-/m0/s1. The van der Waals surface area contributed by atoms with Crippen molar-refractivity contribution in [1.29, 1.82) is 0 Å². The molecule has 2 heterocycles. The molecular weight excluding hydrogens is 526 g/mol. The lowest BCUT2D eigenvalue weighted by Crippen LogP contribution is -2.50. The van der Waals surface area contributed by atoms with Crippen molar-refractivity contribution < 1.29 is 28.7 Å². The van der Waals surface area contributed by atoms with E-state index in [0.717, 1.165) is 11.1 Å². The van der Waals surface area contributed by atoms with E-state index >= 15 is 0 Å². The zero-order chi connectivity index (χ0) is 29.8. The second-order valence-electron chi connectivity index (χ2n) is 12.0. The number of carbonyl (C=O) groups excluding carboxylic acids is 5. The normalized spacial score (nSPS) is 19.2. The highest BCUT2D eigenvalue weighted by atomic mass is 16.5. The molecule has 41 heavy (non-hydrogen) atoms. The number of morpholine rings is 1. The monoisotopic (exact) mass is 571 g/mol. The predicted octanol–water partition coefficient (Wildman–Crippen LogP) is 1.14. The predicted molar refractivity (Wildman–Crippen MR) is 153 cm³/mol. The number of amides is 5. The molecule has 0 saturated carbocycles. The van der Waals surface area contributed by atoms with Crippen LogP contribution in [0.1, 0.15) is 64.0 Å². The van der Waals surface area contributed by atoms with E-state index in [4.69, 9.17) is 4.74 Å². The lowest BCUT2D eigenvalue weighted by atomic mass is 9.92. The summed E-state index contributed by atoms with van der Waals surface area (Å²) in [5.41, 5.74) is 1.53. The first-order valence-electron chi connectivity index (χ1n) is 14.5. The number of nitrogens with one attached hydrogen (secondary N) is 3. The summed E-state index contributed by atoms with van der Waals surface area (Å²) in [6.07, 6.45) is 2.42. The van der Waals surface area contributed by atoms with Crippen LogP contribution < -0.4 is 16.0 Å². The molecule has 0 radical (unpaired) electrons. The van der Waals surface area contributed by atoms with Gasteiger partial charge < -0.3 is 30.5 Å².